The van der Waals surface area contributed by atoms with Crippen molar-refractivity contribution >= 4 is 11.6 Å². The molecule has 0 spiro atoms. The first kappa shape index (κ1) is 12.8. The molecule has 104 valence electrons. The van der Waals surface area contributed by atoms with Gasteiger partial charge in [0.2, 0.25) is 5.95 Å². The number of nitrogens with two attached hydrogens (primary N) is 1. The van der Waals surface area contributed by atoms with E-state index in [-0.39, 0.29) is 6.04 Å². The summed E-state index contributed by atoms with van der Waals surface area (Å²) >= 11 is 0. The lowest BCUT2D eigenvalue weighted by molar-refractivity contribution is 0.594. The van der Waals surface area contributed by atoms with E-state index < -0.39 is 0 Å². The maximum absolute atomic E-state index is 5.86. The fourth-order valence-electron chi connectivity index (χ4n) is 2.66. The lowest BCUT2D eigenvalue weighted by atomic mass is 9.87. The number of nitrogens with zero attached hydrogens (tertiary/aromatic N) is 3. The standard InChI is InChI=1S/C15H19N5/c1-9-10(2)19-20-15(17-9)18-14-5-3-4-11-8-12(16)6-7-13(11)14/h6-8,14H,3-5,16H2,1-2H3,(H,17,18,20). The molecule has 1 heterocycles. The average Bonchev–Trinajstić information content (AvgIpc) is 2.43. The van der Waals surface area contributed by atoms with Gasteiger partial charge in [-0.05, 0) is 56.4 Å². The molecule has 0 saturated carbocycles. The van der Waals surface area contributed by atoms with Gasteiger partial charge in [0.05, 0.1) is 17.4 Å². The third-order valence-electron chi connectivity index (χ3n) is 3.88. The number of benzene rings is 1. The summed E-state index contributed by atoms with van der Waals surface area (Å²) in [4.78, 5) is 4.45. The van der Waals surface area contributed by atoms with E-state index in [0.29, 0.717) is 5.95 Å². The summed E-state index contributed by atoms with van der Waals surface area (Å²) in [5.74, 6) is 0.600. The van der Waals surface area contributed by atoms with Gasteiger partial charge in [0.1, 0.15) is 0 Å². The molecule has 20 heavy (non-hydrogen) atoms. The molecule has 1 atom stereocenters. The van der Waals surface area contributed by atoms with Crippen LogP contribution in [0, 0.1) is 13.8 Å². The van der Waals surface area contributed by atoms with Crippen LogP contribution in [0.3, 0.4) is 0 Å². The van der Waals surface area contributed by atoms with Crippen LogP contribution in [0.5, 0.6) is 0 Å². The Bertz CT molecular complexity index is 638. The second-order valence-electron chi connectivity index (χ2n) is 5.35. The Labute approximate surface area is 118 Å². The molecule has 1 unspecified atom stereocenters. The van der Waals surface area contributed by atoms with E-state index in [1.165, 1.54) is 11.1 Å². The number of anilines is 2. The van der Waals surface area contributed by atoms with Gasteiger partial charge in [-0.15, -0.1) is 5.10 Å². The molecule has 0 fully saturated rings. The Morgan fingerprint density at radius 1 is 1.20 bits per heavy atom. The quantitative estimate of drug-likeness (QED) is 0.819. The molecule has 0 amide bonds. The molecule has 1 aromatic carbocycles. The lowest BCUT2D eigenvalue weighted by Crippen LogP contribution is -2.19. The fourth-order valence-corrected chi connectivity index (χ4v) is 2.66. The van der Waals surface area contributed by atoms with Gasteiger partial charge in [-0.1, -0.05) is 6.07 Å². The van der Waals surface area contributed by atoms with Crippen molar-refractivity contribution in [1.82, 2.24) is 15.2 Å². The predicted molar refractivity (Wildman–Crippen MR) is 79.5 cm³/mol. The van der Waals surface area contributed by atoms with E-state index in [4.69, 9.17) is 5.73 Å². The van der Waals surface area contributed by atoms with Crippen LogP contribution in [0.2, 0.25) is 0 Å². The van der Waals surface area contributed by atoms with Crippen LogP contribution in [0.4, 0.5) is 11.6 Å². The van der Waals surface area contributed by atoms with Crippen LogP contribution in [-0.2, 0) is 6.42 Å². The zero-order valence-corrected chi connectivity index (χ0v) is 11.8. The zero-order valence-electron chi connectivity index (χ0n) is 11.8. The number of aromatic nitrogens is 3. The molecule has 0 bridgehead atoms. The topological polar surface area (TPSA) is 76.7 Å². The van der Waals surface area contributed by atoms with Crippen molar-refractivity contribution in [3.8, 4) is 0 Å². The minimum atomic E-state index is 0.239. The van der Waals surface area contributed by atoms with Crippen molar-refractivity contribution in [3.05, 3.63) is 40.7 Å². The van der Waals surface area contributed by atoms with Crippen molar-refractivity contribution in [3.63, 3.8) is 0 Å². The fraction of sp³-hybridized carbons (Fsp3) is 0.400. The van der Waals surface area contributed by atoms with Crippen molar-refractivity contribution in [2.24, 2.45) is 0 Å². The minimum Gasteiger partial charge on any atom is -0.399 e. The van der Waals surface area contributed by atoms with Gasteiger partial charge in [0.15, 0.2) is 0 Å². The second kappa shape index (κ2) is 5.07. The highest BCUT2D eigenvalue weighted by Gasteiger charge is 2.21. The average molecular weight is 269 g/mol. The number of hydrogen-bond donors (Lipinski definition) is 2. The highest BCUT2D eigenvalue weighted by molar-refractivity contribution is 5.48. The summed E-state index contributed by atoms with van der Waals surface area (Å²) in [5, 5.41) is 11.6. The Morgan fingerprint density at radius 3 is 2.85 bits per heavy atom. The van der Waals surface area contributed by atoms with E-state index >= 15 is 0 Å². The first-order chi connectivity index (χ1) is 9.63. The van der Waals surface area contributed by atoms with Gasteiger partial charge in [0, 0.05) is 5.69 Å². The van der Waals surface area contributed by atoms with Gasteiger partial charge in [0.25, 0.3) is 0 Å². The molecule has 5 nitrogen and oxygen atoms in total. The maximum atomic E-state index is 5.86. The van der Waals surface area contributed by atoms with Gasteiger partial charge >= 0.3 is 0 Å². The van der Waals surface area contributed by atoms with Crippen molar-refractivity contribution < 1.29 is 0 Å². The molecule has 1 aliphatic carbocycles. The molecule has 3 rings (SSSR count). The number of fused-ring (bicyclic) bond motifs is 1. The molecule has 3 N–H and O–H groups in total. The van der Waals surface area contributed by atoms with Crippen LogP contribution < -0.4 is 11.1 Å². The predicted octanol–water partition coefficient (Wildman–Crippen LogP) is 2.56. The molecule has 0 aliphatic heterocycles. The smallest absolute Gasteiger partial charge is 0.243 e. The monoisotopic (exact) mass is 269 g/mol. The molecule has 1 aliphatic rings. The van der Waals surface area contributed by atoms with E-state index in [2.05, 4.69) is 32.6 Å². The molecule has 0 saturated heterocycles. The van der Waals surface area contributed by atoms with Crippen molar-refractivity contribution in [1.29, 1.82) is 0 Å². The summed E-state index contributed by atoms with van der Waals surface area (Å²) in [6.07, 6.45) is 3.31. The SMILES string of the molecule is Cc1nnc(NC2CCCc3cc(N)ccc32)nc1C. The van der Waals surface area contributed by atoms with Crippen LogP contribution in [0.1, 0.15) is 41.4 Å². The van der Waals surface area contributed by atoms with E-state index in [1.807, 2.05) is 19.9 Å². The molecule has 2 aromatic rings. The maximum Gasteiger partial charge on any atom is 0.243 e. The largest absolute Gasteiger partial charge is 0.399 e. The highest BCUT2D eigenvalue weighted by atomic mass is 15.2. The summed E-state index contributed by atoms with van der Waals surface area (Å²) in [6.45, 7) is 3.86. The van der Waals surface area contributed by atoms with Gasteiger partial charge in [-0.25, -0.2) is 4.98 Å². The van der Waals surface area contributed by atoms with E-state index in [0.717, 1.165) is 36.3 Å². The van der Waals surface area contributed by atoms with Gasteiger partial charge < -0.3 is 11.1 Å². The van der Waals surface area contributed by atoms with Crippen LogP contribution in [-0.4, -0.2) is 15.2 Å². The molecule has 5 heteroatoms. The summed E-state index contributed by atoms with van der Waals surface area (Å²) in [7, 11) is 0. The third-order valence-corrected chi connectivity index (χ3v) is 3.88. The van der Waals surface area contributed by atoms with Crippen LogP contribution in [0.15, 0.2) is 18.2 Å². The Balaban J connectivity index is 1.87. The summed E-state index contributed by atoms with van der Waals surface area (Å²) in [6, 6.07) is 6.38. The van der Waals surface area contributed by atoms with Crippen LogP contribution in [0.25, 0.3) is 0 Å². The normalized spacial score (nSPS) is 17.6. The first-order valence-corrected chi connectivity index (χ1v) is 6.96. The number of rotatable bonds is 2. The molecule has 0 radical (unpaired) electrons. The Hall–Kier alpha value is -2.17. The molecular weight excluding hydrogens is 250 g/mol. The minimum absolute atomic E-state index is 0.239. The summed E-state index contributed by atoms with van der Waals surface area (Å²) in [5.41, 5.74) is 11.1. The number of hydrogen-bond acceptors (Lipinski definition) is 5. The lowest BCUT2D eigenvalue weighted by Gasteiger charge is -2.26. The van der Waals surface area contributed by atoms with E-state index in [1.54, 1.807) is 0 Å². The number of nitrogen functional groups attached to an aromatic ring is 1. The molecular formula is C15H19N5. The number of aryl methyl sites for hydroxylation is 3. The number of nitrogens with one attached hydrogen (secondary N) is 1. The van der Waals surface area contributed by atoms with Gasteiger partial charge in [-0.2, -0.15) is 5.10 Å². The first-order valence-electron chi connectivity index (χ1n) is 6.96. The van der Waals surface area contributed by atoms with Crippen molar-refractivity contribution in [2.75, 3.05) is 11.1 Å². The van der Waals surface area contributed by atoms with Crippen LogP contribution >= 0.6 is 0 Å². The highest BCUT2D eigenvalue weighted by Crippen LogP contribution is 2.32. The van der Waals surface area contributed by atoms with Crippen molar-refractivity contribution in [2.45, 2.75) is 39.2 Å². The third kappa shape index (κ3) is 2.43. The van der Waals surface area contributed by atoms with E-state index in [9.17, 15) is 0 Å². The zero-order chi connectivity index (χ0) is 14.1. The Kier molecular flexibility index (Phi) is 3.26. The summed E-state index contributed by atoms with van der Waals surface area (Å²) < 4.78 is 0. The molecule has 1 aromatic heterocycles. The second-order valence-corrected chi connectivity index (χ2v) is 5.35. The Morgan fingerprint density at radius 2 is 2.05 bits per heavy atom. The van der Waals surface area contributed by atoms with Gasteiger partial charge in [-0.3, -0.25) is 0 Å².